The van der Waals surface area contributed by atoms with Gasteiger partial charge >= 0.3 is 0 Å². The fourth-order valence-electron chi connectivity index (χ4n) is 3.02. The summed E-state index contributed by atoms with van der Waals surface area (Å²) in [6.45, 7) is 7.11. The highest BCUT2D eigenvalue weighted by molar-refractivity contribution is 5.97. The third-order valence-electron chi connectivity index (χ3n) is 4.23. The van der Waals surface area contributed by atoms with Crippen LogP contribution in [0.2, 0.25) is 0 Å². The molecule has 1 heterocycles. The van der Waals surface area contributed by atoms with E-state index < -0.39 is 5.60 Å². The number of aromatic nitrogens is 1. The summed E-state index contributed by atoms with van der Waals surface area (Å²) < 4.78 is 11.4. The molecule has 23 heavy (non-hydrogen) atoms. The van der Waals surface area contributed by atoms with Crippen molar-refractivity contribution in [1.82, 2.24) is 4.98 Å². The number of amides is 1. The summed E-state index contributed by atoms with van der Waals surface area (Å²) in [4.78, 5) is 17.1. The zero-order valence-corrected chi connectivity index (χ0v) is 14.5. The summed E-state index contributed by atoms with van der Waals surface area (Å²) in [5, 5.41) is 2.99. The predicted octanol–water partition coefficient (Wildman–Crippen LogP) is 3.86. The molecular weight excluding hydrogens is 292 g/mol. The second-order valence-electron chi connectivity index (χ2n) is 6.14. The number of anilines is 1. The Morgan fingerprint density at radius 1 is 1.30 bits per heavy atom. The van der Waals surface area contributed by atoms with E-state index in [-0.39, 0.29) is 5.91 Å². The molecule has 0 saturated heterocycles. The number of ether oxygens (including phenoxy) is 2. The minimum atomic E-state index is -0.680. The van der Waals surface area contributed by atoms with Gasteiger partial charge in [-0.1, -0.05) is 26.2 Å². The van der Waals surface area contributed by atoms with Gasteiger partial charge in [-0.2, -0.15) is 0 Å². The molecule has 1 fully saturated rings. The van der Waals surface area contributed by atoms with E-state index in [2.05, 4.69) is 17.2 Å². The first-order chi connectivity index (χ1) is 11.1. The molecule has 5 heteroatoms. The lowest BCUT2D eigenvalue weighted by atomic mass is 9.83. The maximum Gasteiger partial charge on any atom is 0.256 e. The van der Waals surface area contributed by atoms with Crippen molar-refractivity contribution in [2.24, 2.45) is 0 Å². The van der Waals surface area contributed by atoms with Crippen molar-refractivity contribution in [3.05, 3.63) is 17.8 Å². The first kappa shape index (κ1) is 17.7. The lowest BCUT2D eigenvalue weighted by molar-refractivity contribution is -0.146. The Morgan fingerprint density at radius 2 is 2.04 bits per heavy atom. The Bertz CT molecular complexity index is 525. The largest absolute Gasteiger partial charge is 0.478 e. The quantitative estimate of drug-likeness (QED) is 0.829. The fourth-order valence-corrected chi connectivity index (χ4v) is 3.02. The van der Waals surface area contributed by atoms with Gasteiger partial charge in [0.2, 0.25) is 5.88 Å². The van der Waals surface area contributed by atoms with Crippen LogP contribution in [0.25, 0.3) is 0 Å². The van der Waals surface area contributed by atoms with Gasteiger partial charge < -0.3 is 14.8 Å². The van der Waals surface area contributed by atoms with Crippen LogP contribution in [-0.2, 0) is 9.53 Å². The Hall–Kier alpha value is -1.62. The van der Waals surface area contributed by atoms with E-state index in [4.69, 9.17) is 9.47 Å². The third kappa shape index (κ3) is 4.44. The van der Waals surface area contributed by atoms with Crippen LogP contribution >= 0.6 is 0 Å². The topological polar surface area (TPSA) is 60.5 Å². The summed E-state index contributed by atoms with van der Waals surface area (Å²) in [6, 6.07) is 1.90. The molecule has 0 bridgehead atoms. The second-order valence-corrected chi connectivity index (χ2v) is 6.14. The number of hydrogen-bond acceptors (Lipinski definition) is 4. The molecule has 0 atom stereocenters. The Labute approximate surface area is 138 Å². The highest BCUT2D eigenvalue weighted by atomic mass is 16.5. The lowest BCUT2D eigenvalue weighted by Crippen LogP contribution is -2.47. The highest BCUT2D eigenvalue weighted by Gasteiger charge is 2.40. The van der Waals surface area contributed by atoms with Gasteiger partial charge in [0, 0.05) is 12.2 Å². The van der Waals surface area contributed by atoms with Crippen molar-refractivity contribution in [3.63, 3.8) is 0 Å². The van der Waals surface area contributed by atoms with Crippen LogP contribution in [0.15, 0.2) is 12.3 Å². The van der Waals surface area contributed by atoms with Crippen molar-refractivity contribution < 1.29 is 14.3 Å². The van der Waals surface area contributed by atoms with Crippen molar-refractivity contribution >= 4 is 11.6 Å². The second kappa shape index (κ2) is 8.29. The standard InChI is InChI=1S/C18H28N2O3/c1-4-11-23-18(9-7-6-8-10-18)17(21)20-15-12-14(3)16(19-13-15)22-5-2/h12-13H,4-11H2,1-3H3,(H,20,21). The van der Waals surface area contributed by atoms with Gasteiger partial charge in [0.15, 0.2) is 0 Å². The van der Waals surface area contributed by atoms with Gasteiger partial charge in [-0.3, -0.25) is 4.79 Å². The Balaban J connectivity index is 2.10. The summed E-state index contributed by atoms with van der Waals surface area (Å²) >= 11 is 0. The normalized spacial score (nSPS) is 16.8. The minimum Gasteiger partial charge on any atom is -0.478 e. The Kier molecular flexibility index (Phi) is 6.39. The van der Waals surface area contributed by atoms with Crippen LogP contribution in [0.3, 0.4) is 0 Å². The SMILES string of the molecule is CCCOC1(C(=O)Nc2cnc(OCC)c(C)c2)CCCCC1. The van der Waals surface area contributed by atoms with Crippen molar-refractivity contribution in [2.45, 2.75) is 64.9 Å². The lowest BCUT2D eigenvalue weighted by Gasteiger charge is -2.35. The van der Waals surface area contributed by atoms with E-state index in [0.717, 1.165) is 37.7 Å². The number of pyridine rings is 1. The molecule has 0 aromatic carbocycles. The molecular formula is C18H28N2O3. The zero-order valence-electron chi connectivity index (χ0n) is 14.5. The summed E-state index contributed by atoms with van der Waals surface area (Å²) in [5.74, 6) is 0.566. The van der Waals surface area contributed by atoms with Gasteiger partial charge in [-0.05, 0) is 39.2 Å². The minimum absolute atomic E-state index is 0.0454. The van der Waals surface area contributed by atoms with Gasteiger partial charge in [0.25, 0.3) is 5.91 Å². The van der Waals surface area contributed by atoms with E-state index >= 15 is 0 Å². The van der Waals surface area contributed by atoms with Crippen molar-refractivity contribution in [2.75, 3.05) is 18.5 Å². The number of carbonyl (C=O) groups is 1. The van der Waals surface area contributed by atoms with Crippen LogP contribution in [0.4, 0.5) is 5.69 Å². The van der Waals surface area contributed by atoms with E-state index in [9.17, 15) is 4.79 Å². The molecule has 0 spiro atoms. The van der Waals surface area contributed by atoms with Crippen LogP contribution < -0.4 is 10.1 Å². The smallest absolute Gasteiger partial charge is 0.256 e. The molecule has 1 aromatic rings. The summed E-state index contributed by atoms with van der Waals surface area (Å²) in [6.07, 6.45) is 7.40. The van der Waals surface area contributed by atoms with Crippen LogP contribution in [-0.4, -0.2) is 29.7 Å². The van der Waals surface area contributed by atoms with Crippen LogP contribution in [0, 0.1) is 6.92 Å². The number of carbonyl (C=O) groups excluding carboxylic acids is 1. The highest BCUT2D eigenvalue weighted by Crippen LogP contribution is 2.33. The number of nitrogens with one attached hydrogen (secondary N) is 1. The molecule has 0 unspecified atom stereocenters. The molecule has 2 rings (SSSR count). The van der Waals surface area contributed by atoms with Gasteiger partial charge in [0.1, 0.15) is 5.60 Å². The molecule has 1 N–H and O–H groups in total. The fraction of sp³-hybridized carbons (Fsp3) is 0.667. The van der Waals surface area contributed by atoms with E-state index in [1.54, 1.807) is 6.20 Å². The van der Waals surface area contributed by atoms with E-state index in [0.29, 0.717) is 24.8 Å². The van der Waals surface area contributed by atoms with Crippen LogP contribution in [0.1, 0.15) is 57.9 Å². The average molecular weight is 320 g/mol. The van der Waals surface area contributed by atoms with Gasteiger partial charge in [0.05, 0.1) is 18.5 Å². The zero-order chi connectivity index (χ0) is 16.7. The van der Waals surface area contributed by atoms with E-state index in [1.165, 1.54) is 6.42 Å². The van der Waals surface area contributed by atoms with Crippen LogP contribution in [0.5, 0.6) is 5.88 Å². The number of hydrogen-bond donors (Lipinski definition) is 1. The molecule has 1 amide bonds. The van der Waals surface area contributed by atoms with E-state index in [1.807, 2.05) is 19.9 Å². The number of rotatable bonds is 7. The van der Waals surface area contributed by atoms with Gasteiger partial charge in [-0.15, -0.1) is 0 Å². The summed E-state index contributed by atoms with van der Waals surface area (Å²) in [5.41, 5.74) is 0.929. The van der Waals surface area contributed by atoms with Gasteiger partial charge in [-0.25, -0.2) is 4.98 Å². The molecule has 1 aliphatic rings. The molecule has 1 aliphatic carbocycles. The maximum absolute atomic E-state index is 12.8. The van der Waals surface area contributed by atoms with Crippen molar-refractivity contribution in [1.29, 1.82) is 0 Å². The number of nitrogens with zero attached hydrogens (tertiary/aromatic N) is 1. The Morgan fingerprint density at radius 3 is 2.65 bits per heavy atom. The monoisotopic (exact) mass is 320 g/mol. The molecule has 0 aliphatic heterocycles. The first-order valence-electron chi connectivity index (χ1n) is 8.66. The average Bonchev–Trinajstić information content (AvgIpc) is 2.56. The molecule has 0 radical (unpaired) electrons. The molecule has 128 valence electrons. The van der Waals surface area contributed by atoms with Crippen molar-refractivity contribution in [3.8, 4) is 5.88 Å². The maximum atomic E-state index is 12.8. The third-order valence-corrected chi connectivity index (χ3v) is 4.23. The first-order valence-corrected chi connectivity index (χ1v) is 8.66. The summed E-state index contributed by atoms with van der Waals surface area (Å²) in [7, 11) is 0. The predicted molar refractivity (Wildman–Crippen MR) is 90.8 cm³/mol. The molecule has 1 saturated carbocycles. The molecule has 1 aromatic heterocycles. The molecule has 5 nitrogen and oxygen atoms in total. The number of aryl methyl sites for hydroxylation is 1.